The van der Waals surface area contributed by atoms with Crippen LogP contribution >= 0.6 is 23.1 Å². The van der Waals surface area contributed by atoms with Crippen LogP contribution in [0.3, 0.4) is 0 Å². The van der Waals surface area contributed by atoms with Crippen LogP contribution in [0, 0.1) is 11.6 Å². The molecular weight excluding hydrogens is 344 g/mol. The van der Waals surface area contributed by atoms with Crippen molar-refractivity contribution in [2.75, 3.05) is 11.1 Å². The van der Waals surface area contributed by atoms with Crippen molar-refractivity contribution >= 4 is 44.9 Å². The second-order valence-electron chi connectivity index (χ2n) is 4.50. The second kappa shape index (κ2) is 6.47. The van der Waals surface area contributed by atoms with E-state index < -0.39 is 17.5 Å². The molecule has 0 unspecified atom stereocenters. The highest BCUT2D eigenvalue weighted by Crippen LogP contribution is 2.19. The molecule has 0 fully saturated rings. The van der Waals surface area contributed by atoms with Crippen LogP contribution in [0.2, 0.25) is 0 Å². The number of nitrogens with zero attached hydrogens (tertiary/aromatic N) is 1. The predicted octanol–water partition coefficient (Wildman–Crippen LogP) is 2.99. The zero-order valence-electron chi connectivity index (χ0n) is 11.4. The summed E-state index contributed by atoms with van der Waals surface area (Å²) in [7, 11) is 0. The van der Waals surface area contributed by atoms with Crippen LogP contribution in [0.4, 0.5) is 14.5 Å². The van der Waals surface area contributed by atoms with Gasteiger partial charge in [-0.05, 0) is 23.6 Å². The van der Waals surface area contributed by atoms with Gasteiger partial charge in [-0.25, -0.2) is 13.8 Å². The van der Waals surface area contributed by atoms with Crippen molar-refractivity contribution in [1.82, 2.24) is 9.97 Å². The first kappa shape index (κ1) is 15.6. The van der Waals surface area contributed by atoms with Crippen molar-refractivity contribution in [3.05, 3.63) is 51.6 Å². The van der Waals surface area contributed by atoms with Crippen molar-refractivity contribution in [2.24, 2.45) is 0 Å². The van der Waals surface area contributed by atoms with E-state index >= 15 is 0 Å². The Balaban J connectivity index is 1.67. The highest BCUT2D eigenvalue weighted by molar-refractivity contribution is 7.99. The van der Waals surface area contributed by atoms with Gasteiger partial charge in [0.05, 0.1) is 11.3 Å². The van der Waals surface area contributed by atoms with Gasteiger partial charge in [0, 0.05) is 11.8 Å². The predicted molar refractivity (Wildman–Crippen MR) is 86.0 cm³/mol. The van der Waals surface area contributed by atoms with E-state index in [1.807, 2.05) is 0 Å². The number of fused-ring (bicyclic) bond motifs is 1. The number of thiophene rings is 1. The Morgan fingerprint density at radius 2 is 2.04 bits per heavy atom. The third-order valence-electron chi connectivity index (χ3n) is 2.78. The molecule has 0 aliphatic rings. The third-order valence-corrected chi connectivity index (χ3v) is 4.56. The Bertz CT molecular complexity index is 919. The standard InChI is InChI=1S/C14H9F2N3O2S2/c15-7-3-8(16)5-9(4-7)17-11(20)6-23-14-18-10-1-2-22-12(10)13(21)19-14/h1-5H,6H2,(H,17,20)(H,18,19,21). The summed E-state index contributed by atoms with van der Waals surface area (Å²) in [6.45, 7) is 0. The van der Waals surface area contributed by atoms with Gasteiger partial charge in [0.2, 0.25) is 5.91 Å². The summed E-state index contributed by atoms with van der Waals surface area (Å²) in [5.74, 6) is -2.08. The molecular formula is C14H9F2N3O2S2. The molecule has 0 radical (unpaired) electrons. The van der Waals surface area contributed by atoms with E-state index in [1.54, 1.807) is 11.4 Å². The Hall–Kier alpha value is -2.26. The number of anilines is 1. The van der Waals surface area contributed by atoms with E-state index in [2.05, 4.69) is 15.3 Å². The number of H-pyrrole nitrogens is 1. The van der Waals surface area contributed by atoms with Crippen LogP contribution in [-0.4, -0.2) is 21.6 Å². The van der Waals surface area contributed by atoms with Crippen LogP contribution in [0.15, 0.2) is 39.6 Å². The lowest BCUT2D eigenvalue weighted by Gasteiger charge is -2.05. The summed E-state index contributed by atoms with van der Waals surface area (Å²) in [6, 6.07) is 4.47. The topological polar surface area (TPSA) is 74.8 Å². The molecule has 0 saturated carbocycles. The number of nitrogens with one attached hydrogen (secondary N) is 2. The van der Waals surface area contributed by atoms with E-state index in [9.17, 15) is 18.4 Å². The number of amides is 1. The zero-order valence-corrected chi connectivity index (χ0v) is 13.1. The number of halogens is 2. The molecule has 0 aliphatic heterocycles. The number of thioether (sulfide) groups is 1. The molecule has 0 atom stereocenters. The summed E-state index contributed by atoms with van der Waals surface area (Å²) in [6.07, 6.45) is 0. The van der Waals surface area contributed by atoms with Gasteiger partial charge in [-0.3, -0.25) is 9.59 Å². The fourth-order valence-electron chi connectivity index (χ4n) is 1.88. The quantitative estimate of drug-likeness (QED) is 0.559. The molecule has 0 aliphatic carbocycles. The Morgan fingerprint density at radius 3 is 2.78 bits per heavy atom. The van der Waals surface area contributed by atoms with E-state index in [0.717, 1.165) is 30.0 Å². The monoisotopic (exact) mass is 353 g/mol. The molecule has 5 nitrogen and oxygen atoms in total. The minimum Gasteiger partial charge on any atom is -0.325 e. The first-order valence-corrected chi connectivity index (χ1v) is 8.24. The Kier molecular flexibility index (Phi) is 4.39. The summed E-state index contributed by atoms with van der Waals surface area (Å²) >= 11 is 2.31. The van der Waals surface area contributed by atoms with Crippen molar-refractivity contribution in [2.45, 2.75) is 5.16 Å². The molecule has 0 spiro atoms. The molecule has 9 heteroatoms. The van der Waals surface area contributed by atoms with Crippen LogP contribution in [0.25, 0.3) is 10.2 Å². The number of hydrogen-bond donors (Lipinski definition) is 2. The zero-order chi connectivity index (χ0) is 16.4. The largest absolute Gasteiger partial charge is 0.325 e. The van der Waals surface area contributed by atoms with Crippen molar-refractivity contribution in [1.29, 1.82) is 0 Å². The molecule has 0 bridgehead atoms. The number of carbonyl (C=O) groups is 1. The maximum absolute atomic E-state index is 13.0. The number of carbonyl (C=O) groups excluding carboxylic acids is 1. The lowest BCUT2D eigenvalue weighted by atomic mass is 10.3. The minimum atomic E-state index is -0.776. The summed E-state index contributed by atoms with van der Waals surface area (Å²) < 4.78 is 26.6. The van der Waals surface area contributed by atoms with Crippen molar-refractivity contribution < 1.29 is 13.6 Å². The Morgan fingerprint density at radius 1 is 1.30 bits per heavy atom. The van der Waals surface area contributed by atoms with Crippen molar-refractivity contribution in [3.8, 4) is 0 Å². The molecule has 23 heavy (non-hydrogen) atoms. The molecule has 2 aromatic heterocycles. The van der Waals surface area contributed by atoms with Gasteiger partial charge in [-0.1, -0.05) is 11.8 Å². The second-order valence-corrected chi connectivity index (χ2v) is 6.38. The van der Waals surface area contributed by atoms with E-state index in [4.69, 9.17) is 0 Å². The lowest BCUT2D eigenvalue weighted by molar-refractivity contribution is -0.113. The van der Waals surface area contributed by atoms with Gasteiger partial charge in [0.25, 0.3) is 5.56 Å². The molecule has 3 rings (SSSR count). The number of benzene rings is 1. The molecule has 2 N–H and O–H groups in total. The molecule has 0 saturated heterocycles. The maximum atomic E-state index is 13.0. The normalized spacial score (nSPS) is 10.9. The Labute approximate surface area is 136 Å². The highest BCUT2D eigenvalue weighted by atomic mass is 32.2. The number of rotatable bonds is 4. The SMILES string of the molecule is O=C(CSc1nc2ccsc2c(=O)[nH]1)Nc1cc(F)cc(F)c1. The number of aromatic amines is 1. The smallest absolute Gasteiger partial charge is 0.269 e. The fraction of sp³-hybridized carbons (Fsp3) is 0.0714. The number of hydrogen-bond acceptors (Lipinski definition) is 5. The first-order valence-electron chi connectivity index (χ1n) is 6.37. The average molecular weight is 353 g/mol. The van der Waals surface area contributed by atoms with Crippen LogP contribution < -0.4 is 10.9 Å². The molecule has 1 aromatic carbocycles. The van der Waals surface area contributed by atoms with Crippen LogP contribution in [0.5, 0.6) is 0 Å². The van der Waals surface area contributed by atoms with Gasteiger partial charge in [-0.15, -0.1) is 11.3 Å². The minimum absolute atomic E-state index is 0.0304. The lowest BCUT2D eigenvalue weighted by Crippen LogP contribution is -2.15. The van der Waals surface area contributed by atoms with E-state index in [1.165, 1.54) is 11.3 Å². The maximum Gasteiger partial charge on any atom is 0.269 e. The third kappa shape index (κ3) is 3.74. The van der Waals surface area contributed by atoms with Gasteiger partial charge in [0.15, 0.2) is 5.16 Å². The average Bonchev–Trinajstić information content (AvgIpc) is 2.93. The fourth-order valence-corrected chi connectivity index (χ4v) is 3.27. The van der Waals surface area contributed by atoms with E-state index in [0.29, 0.717) is 15.4 Å². The summed E-state index contributed by atoms with van der Waals surface area (Å²) in [5, 5.41) is 4.45. The van der Waals surface area contributed by atoms with Gasteiger partial charge >= 0.3 is 0 Å². The summed E-state index contributed by atoms with van der Waals surface area (Å²) in [4.78, 5) is 30.4. The molecule has 2 heterocycles. The summed E-state index contributed by atoms with van der Waals surface area (Å²) in [5.41, 5.74) is 0.330. The highest BCUT2D eigenvalue weighted by Gasteiger charge is 2.09. The molecule has 3 aromatic rings. The number of aromatic nitrogens is 2. The van der Waals surface area contributed by atoms with Gasteiger partial charge in [0.1, 0.15) is 16.3 Å². The molecule has 1 amide bonds. The first-order chi connectivity index (χ1) is 11.0. The van der Waals surface area contributed by atoms with Crippen molar-refractivity contribution in [3.63, 3.8) is 0 Å². The van der Waals surface area contributed by atoms with Crippen LogP contribution in [0.1, 0.15) is 0 Å². The molecule has 118 valence electrons. The van der Waals surface area contributed by atoms with Gasteiger partial charge < -0.3 is 10.3 Å². The van der Waals surface area contributed by atoms with Gasteiger partial charge in [-0.2, -0.15) is 0 Å². The van der Waals surface area contributed by atoms with Crippen LogP contribution in [-0.2, 0) is 4.79 Å². The van der Waals surface area contributed by atoms with E-state index in [-0.39, 0.29) is 17.0 Å².